The van der Waals surface area contributed by atoms with Gasteiger partial charge in [0.05, 0.1) is 12.8 Å². The van der Waals surface area contributed by atoms with Crippen molar-refractivity contribution in [2.75, 3.05) is 19.7 Å². The van der Waals surface area contributed by atoms with Gasteiger partial charge in [-0.25, -0.2) is 4.79 Å². The molecule has 4 atom stereocenters. The van der Waals surface area contributed by atoms with Crippen molar-refractivity contribution in [2.45, 2.75) is 104 Å². The molecule has 1 aliphatic rings. The molecule has 4 N–H and O–H groups in total. The van der Waals surface area contributed by atoms with Gasteiger partial charge in [-0.1, -0.05) is 53.4 Å². The number of halogens is 1. The lowest BCUT2D eigenvalue weighted by atomic mass is 9.97. The Kier molecular flexibility index (Phi) is 15.2. The zero-order valence-electron chi connectivity index (χ0n) is 25.8. The molecule has 0 bridgehead atoms. The van der Waals surface area contributed by atoms with Crippen LogP contribution in [-0.4, -0.2) is 76.4 Å². The molecule has 0 spiro atoms. The molecule has 2 heterocycles. The third-order valence-corrected chi connectivity index (χ3v) is 7.30. The number of nitrogens with zero attached hydrogens (tertiary/aromatic N) is 1. The van der Waals surface area contributed by atoms with Crippen molar-refractivity contribution in [3.63, 3.8) is 0 Å². The maximum atomic E-state index is 14.2. The number of nitrogens with one attached hydrogen (secondary N) is 3. The Bertz CT molecular complexity index is 1220. The quantitative estimate of drug-likeness (QED) is 0.171. The topological polar surface area (TPSA) is 195 Å². The second-order valence-corrected chi connectivity index (χ2v) is 10.8. The van der Waals surface area contributed by atoms with Gasteiger partial charge in [0.15, 0.2) is 18.4 Å². The molecule has 1 aromatic heterocycles. The Balaban J connectivity index is 2.27. The predicted molar refractivity (Wildman–Crippen MR) is 155 cm³/mol. The zero-order valence-corrected chi connectivity index (χ0v) is 25.8. The van der Waals surface area contributed by atoms with E-state index in [-0.39, 0.29) is 23.7 Å². The first kappa shape index (κ1) is 36.6. The van der Waals surface area contributed by atoms with Gasteiger partial charge in [-0.3, -0.25) is 33.5 Å². The summed E-state index contributed by atoms with van der Waals surface area (Å²) in [4.78, 5) is 76.8. The van der Waals surface area contributed by atoms with Gasteiger partial charge >= 0.3 is 17.6 Å². The van der Waals surface area contributed by atoms with Crippen LogP contribution >= 0.6 is 0 Å². The molecule has 1 saturated heterocycles. The van der Waals surface area contributed by atoms with Crippen LogP contribution in [0.3, 0.4) is 0 Å². The van der Waals surface area contributed by atoms with Crippen LogP contribution in [0.15, 0.2) is 15.8 Å². The van der Waals surface area contributed by atoms with Crippen LogP contribution in [0.25, 0.3) is 0 Å². The zero-order chi connectivity index (χ0) is 32.8. The predicted octanol–water partition coefficient (Wildman–Crippen LogP) is 1.05. The first-order chi connectivity index (χ1) is 21.0. The minimum atomic E-state index is -1.63. The van der Waals surface area contributed by atoms with Crippen LogP contribution in [0, 0.1) is 17.7 Å². The highest BCUT2D eigenvalue weighted by molar-refractivity contribution is 5.84. The Morgan fingerprint density at radius 3 is 1.77 bits per heavy atom. The third-order valence-electron chi connectivity index (χ3n) is 7.30. The Labute approximate surface area is 255 Å². The van der Waals surface area contributed by atoms with Crippen LogP contribution in [0.4, 0.5) is 4.39 Å². The van der Waals surface area contributed by atoms with Crippen LogP contribution in [0.2, 0.25) is 0 Å². The summed E-state index contributed by atoms with van der Waals surface area (Å²) in [6, 6.07) is 0. The van der Waals surface area contributed by atoms with E-state index in [9.17, 15) is 38.3 Å². The van der Waals surface area contributed by atoms with Crippen molar-refractivity contribution in [3.05, 3.63) is 32.9 Å². The van der Waals surface area contributed by atoms with E-state index >= 15 is 0 Å². The lowest BCUT2D eigenvalue weighted by Gasteiger charge is -2.25. The first-order valence-electron chi connectivity index (χ1n) is 15.2. The molecule has 15 heteroatoms. The Morgan fingerprint density at radius 1 is 0.886 bits per heavy atom. The van der Waals surface area contributed by atoms with Gasteiger partial charge in [0.1, 0.15) is 19.2 Å². The number of aliphatic hydroxyl groups is 1. The van der Waals surface area contributed by atoms with E-state index in [4.69, 9.17) is 14.2 Å². The van der Waals surface area contributed by atoms with E-state index in [1.54, 1.807) is 4.98 Å². The SMILES string of the molecule is CCCC(CCC)C(=O)NCC(=O)O[C@@H]1[C@H](OC(=O)CNC(=O)C(CCC)CCC)[C@@H](CO)O[C@H]1n1cc(F)c(=O)[nH]c1=O. The van der Waals surface area contributed by atoms with Crippen LogP contribution < -0.4 is 21.9 Å². The molecule has 14 nitrogen and oxygen atoms in total. The van der Waals surface area contributed by atoms with E-state index in [0.717, 1.165) is 25.7 Å². The molecule has 0 saturated carbocycles. The number of carbonyl (C=O) groups is 4. The van der Waals surface area contributed by atoms with Gasteiger partial charge in [-0.2, -0.15) is 4.39 Å². The maximum Gasteiger partial charge on any atom is 0.330 e. The van der Waals surface area contributed by atoms with Gasteiger partial charge in [-0.15, -0.1) is 0 Å². The molecule has 0 aromatic carbocycles. The summed E-state index contributed by atoms with van der Waals surface area (Å²) in [5.41, 5.74) is -2.41. The summed E-state index contributed by atoms with van der Waals surface area (Å²) in [6.45, 7) is 5.88. The second-order valence-electron chi connectivity index (χ2n) is 10.8. The summed E-state index contributed by atoms with van der Waals surface area (Å²) in [7, 11) is 0. The number of rotatable bonds is 18. The third kappa shape index (κ3) is 10.3. The summed E-state index contributed by atoms with van der Waals surface area (Å²) < 4.78 is 31.4. The second kappa shape index (κ2) is 18.3. The number of aromatic amines is 1. The van der Waals surface area contributed by atoms with Crippen molar-refractivity contribution in [3.8, 4) is 0 Å². The molecule has 248 valence electrons. The highest BCUT2D eigenvalue weighted by Crippen LogP contribution is 2.33. The van der Waals surface area contributed by atoms with Gasteiger partial charge in [0.2, 0.25) is 17.6 Å². The molecule has 0 unspecified atom stereocenters. The number of esters is 2. The van der Waals surface area contributed by atoms with Crippen LogP contribution in [0.5, 0.6) is 0 Å². The normalized spacial score (nSPS) is 19.6. The summed E-state index contributed by atoms with van der Waals surface area (Å²) >= 11 is 0. The number of amides is 2. The molecule has 2 amide bonds. The molecule has 2 rings (SSSR count). The average molecular weight is 629 g/mol. The molecule has 44 heavy (non-hydrogen) atoms. The summed E-state index contributed by atoms with van der Waals surface area (Å²) in [6.07, 6.45) is 0.0296. The lowest BCUT2D eigenvalue weighted by Crippen LogP contribution is -2.46. The maximum absolute atomic E-state index is 14.2. The number of hydrogen-bond acceptors (Lipinski definition) is 10. The van der Waals surface area contributed by atoms with Gasteiger partial charge in [0, 0.05) is 11.8 Å². The first-order valence-corrected chi connectivity index (χ1v) is 15.2. The molecule has 1 fully saturated rings. The van der Waals surface area contributed by atoms with E-state index in [1.807, 2.05) is 27.7 Å². The van der Waals surface area contributed by atoms with E-state index in [1.165, 1.54) is 0 Å². The minimum absolute atomic E-state index is 0.289. The highest BCUT2D eigenvalue weighted by atomic mass is 19.1. The van der Waals surface area contributed by atoms with Crippen molar-refractivity contribution < 1.29 is 42.9 Å². The number of aliphatic hydroxyl groups excluding tert-OH is 1. The fourth-order valence-electron chi connectivity index (χ4n) is 5.20. The smallest absolute Gasteiger partial charge is 0.330 e. The number of H-pyrrole nitrogens is 1. The molecular formula is C29H45FN4O10. The van der Waals surface area contributed by atoms with Crippen molar-refractivity contribution in [1.82, 2.24) is 20.2 Å². The van der Waals surface area contributed by atoms with E-state index in [2.05, 4.69) is 10.6 Å². The number of hydrogen-bond donors (Lipinski definition) is 4. The van der Waals surface area contributed by atoms with Crippen molar-refractivity contribution in [1.29, 1.82) is 0 Å². The number of aromatic nitrogens is 2. The minimum Gasteiger partial charge on any atom is -0.454 e. The van der Waals surface area contributed by atoms with Crippen molar-refractivity contribution in [2.24, 2.45) is 11.8 Å². The summed E-state index contributed by atoms with van der Waals surface area (Å²) in [5, 5.41) is 15.0. The largest absolute Gasteiger partial charge is 0.454 e. The van der Waals surface area contributed by atoms with Crippen LogP contribution in [0.1, 0.15) is 85.3 Å². The average Bonchev–Trinajstić information content (AvgIpc) is 3.32. The van der Waals surface area contributed by atoms with E-state index < -0.39 is 73.2 Å². The van der Waals surface area contributed by atoms with E-state index in [0.29, 0.717) is 36.4 Å². The standard InChI is InChI=1S/C29H45FN4O10/c1-5-9-17(10-6-2)25(38)31-13-21(36)43-23-20(16-35)42-28(34-15-19(30)27(40)33-29(34)41)24(23)44-22(37)14-32-26(39)18(11-7-3)12-8-4/h15,17-18,20,23-24,28,35H,5-14,16H2,1-4H3,(H,31,38)(H,32,39)(H,33,40,41)/t20-,23-,24-,28-/m1/s1. The molecular weight excluding hydrogens is 583 g/mol. The Morgan fingerprint density at radius 2 is 1.34 bits per heavy atom. The fourth-order valence-corrected chi connectivity index (χ4v) is 5.20. The van der Waals surface area contributed by atoms with Gasteiger partial charge in [-0.05, 0) is 25.7 Å². The van der Waals surface area contributed by atoms with Gasteiger partial charge < -0.3 is 30.0 Å². The fraction of sp³-hybridized carbons (Fsp3) is 0.724. The molecule has 1 aromatic rings. The van der Waals surface area contributed by atoms with Gasteiger partial charge in [0.25, 0.3) is 5.56 Å². The van der Waals surface area contributed by atoms with Crippen LogP contribution in [-0.2, 0) is 33.4 Å². The number of carbonyl (C=O) groups excluding carboxylic acids is 4. The van der Waals surface area contributed by atoms with Crippen molar-refractivity contribution >= 4 is 23.8 Å². The lowest BCUT2D eigenvalue weighted by molar-refractivity contribution is -0.168. The highest BCUT2D eigenvalue weighted by Gasteiger charge is 2.51. The Hall–Kier alpha value is -3.59. The summed E-state index contributed by atoms with van der Waals surface area (Å²) in [5.74, 6) is -4.56. The number of ether oxygens (including phenoxy) is 3. The monoisotopic (exact) mass is 628 g/mol. The molecule has 0 aliphatic carbocycles. The molecule has 1 aliphatic heterocycles. The molecule has 0 radical (unpaired) electrons.